The van der Waals surface area contributed by atoms with Crippen molar-refractivity contribution < 1.29 is 9.53 Å². The molecule has 3 heteroatoms. The summed E-state index contributed by atoms with van der Waals surface area (Å²) >= 11 is 0. The topological polar surface area (TPSA) is 29.5 Å². The first kappa shape index (κ1) is 12.5. The molecule has 18 heavy (non-hydrogen) atoms. The van der Waals surface area contributed by atoms with Crippen LogP contribution in [0.2, 0.25) is 0 Å². The number of likely N-dealkylation sites (N-methyl/N-ethyl adjacent to an activating group) is 1. The molecule has 0 spiro atoms. The molecule has 1 aliphatic heterocycles. The van der Waals surface area contributed by atoms with Gasteiger partial charge in [-0.25, -0.2) is 0 Å². The molecule has 3 rings (SSSR count). The van der Waals surface area contributed by atoms with Crippen LogP contribution in [-0.4, -0.2) is 36.1 Å². The highest BCUT2D eigenvalue weighted by atomic mass is 16.5. The largest absolute Gasteiger partial charge is 0.364 e. The third kappa shape index (κ3) is 1.05. The second-order valence-corrected chi connectivity index (χ2v) is 6.78. The molecule has 0 aromatic rings. The minimum absolute atomic E-state index is 0.0599. The van der Waals surface area contributed by atoms with Crippen LogP contribution in [0.15, 0.2) is 0 Å². The summed E-state index contributed by atoms with van der Waals surface area (Å²) in [7, 11) is 0. The molecule has 102 valence electrons. The third-order valence-electron chi connectivity index (χ3n) is 6.59. The lowest BCUT2D eigenvalue weighted by Crippen LogP contribution is -2.56. The lowest BCUT2D eigenvalue weighted by atomic mass is 9.66. The minimum Gasteiger partial charge on any atom is -0.364 e. The maximum Gasteiger partial charge on any atom is 0.255 e. The van der Waals surface area contributed by atoms with Crippen LogP contribution in [0.25, 0.3) is 0 Å². The van der Waals surface area contributed by atoms with E-state index in [1.165, 1.54) is 6.42 Å². The smallest absolute Gasteiger partial charge is 0.255 e. The maximum atomic E-state index is 12.9. The van der Waals surface area contributed by atoms with Gasteiger partial charge in [-0.1, -0.05) is 13.8 Å². The monoisotopic (exact) mass is 251 g/mol. The molecule has 0 radical (unpaired) electrons. The van der Waals surface area contributed by atoms with Crippen molar-refractivity contribution in [3.8, 4) is 0 Å². The molecule has 2 saturated carbocycles. The van der Waals surface area contributed by atoms with E-state index in [-0.39, 0.29) is 16.7 Å². The number of rotatable bonds is 3. The summed E-state index contributed by atoms with van der Waals surface area (Å²) in [5.74, 6) is 0.941. The van der Waals surface area contributed by atoms with Gasteiger partial charge in [-0.2, -0.15) is 0 Å². The van der Waals surface area contributed by atoms with Crippen molar-refractivity contribution in [2.24, 2.45) is 16.7 Å². The second-order valence-electron chi connectivity index (χ2n) is 6.78. The number of amides is 1. The van der Waals surface area contributed by atoms with Gasteiger partial charge in [0.15, 0.2) is 5.60 Å². The molecule has 2 aliphatic carbocycles. The van der Waals surface area contributed by atoms with Gasteiger partial charge in [-0.3, -0.25) is 4.79 Å². The average Bonchev–Trinajstić information content (AvgIpc) is 2.83. The van der Waals surface area contributed by atoms with E-state index in [4.69, 9.17) is 4.74 Å². The van der Waals surface area contributed by atoms with E-state index < -0.39 is 5.60 Å². The van der Waals surface area contributed by atoms with Crippen LogP contribution < -0.4 is 0 Å². The zero-order valence-electron chi connectivity index (χ0n) is 12.1. The van der Waals surface area contributed by atoms with Gasteiger partial charge in [0.2, 0.25) is 0 Å². The van der Waals surface area contributed by atoms with Gasteiger partial charge in [0.05, 0.1) is 6.61 Å². The van der Waals surface area contributed by atoms with Gasteiger partial charge >= 0.3 is 0 Å². The Balaban J connectivity index is 2.00. The van der Waals surface area contributed by atoms with Crippen molar-refractivity contribution >= 4 is 5.91 Å². The molecule has 3 fully saturated rings. The molecule has 0 unspecified atom stereocenters. The highest BCUT2D eigenvalue weighted by molar-refractivity contribution is 5.88. The Labute approximate surface area is 110 Å². The predicted octanol–water partition coefficient (Wildman–Crippen LogP) is 2.45. The van der Waals surface area contributed by atoms with Crippen molar-refractivity contribution in [3.05, 3.63) is 0 Å². The Morgan fingerprint density at radius 1 is 1.33 bits per heavy atom. The van der Waals surface area contributed by atoms with Gasteiger partial charge in [-0.05, 0) is 39.0 Å². The van der Waals surface area contributed by atoms with E-state index in [9.17, 15) is 4.79 Å². The van der Waals surface area contributed by atoms with E-state index in [1.807, 2.05) is 4.90 Å². The van der Waals surface area contributed by atoms with E-state index in [0.29, 0.717) is 5.92 Å². The Morgan fingerprint density at radius 3 is 2.50 bits per heavy atom. The maximum absolute atomic E-state index is 12.9. The van der Waals surface area contributed by atoms with Crippen LogP contribution in [0.5, 0.6) is 0 Å². The first-order valence-corrected chi connectivity index (χ1v) is 7.38. The SMILES string of the molecule is CCN(CC)C(=O)[C@@]12C[C@@H]3CC[C@]1(C)[C@@]3(C)CO2. The Bertz CT molecular complexity index is 392. The summed E-state index contributed by atoms with van der Waals surface area (Å²) in [5, 5.41) is 0. The Kier molecular flexibility index (Phi) is 2.42. The van der Waals surface area contributed by atoms with Crippen molar-refractivity contribution in [1.29, 1.82) is 0 Å². The average molecular weight is 251 g/mol. The highest BCUT2D eigenvalue weighted by Gasteiger charge is 2.78. The van der Waals surface area contributed by atoms with Crippen molar-refractivity contribution in [2.75, 3.05) is 19.7 Å². The van der Waals surface area contributed by atoms with E-state index >= 15 is 0 Å². The minimum atomic E-state index is -0.503. The third-order valence-corrected chi connectivity index (χ3v) is 6.59. The van der Waals surface area contributed by atoms with Gasteiger partial charge < -0.3 is 9.64 Å². The quantitative estimate of drug-likeness (QED) is 0.771. The molecule has 3 nitrogen and oxygen atoms in total. The molecule has 3 aliphatic rings. The van der Waals surface area contributed by atoms with E-state index in [2.05, 4.69) is 27.7 Å². The molecule has 0 aromatic heterocycles. The van der Waals surface area contributed by atoms with Gasteiger partial charge in [0, 0.05) is 23.9 Å². The molecule has 1 saturated heterocycles. The summed E-state index contributed by atoms with van der Waals surface area (Å²) in [5.41, 5.74) is -0.211. The van der Waals surface area contributed by atoms with Crippen molar-refractivity contribution in [3.63, 3.8) is 0 Å². The van der Waals surface area contributed by atoms with Crippen LogP contribution in [0.3, 0.4) is 0 Å². The van der Waals surface area contributed by atoms with Crippen LogP contribution in [0.1, 0.15) is 47.0 Å². The van der Waals surface area contributed by atoms with Crippen molar-refractivity contribution in [1.82, 2.24) is 4.90 Å². The first-order chi connectivity index (χ1) is 8.45. The Hall–Kier alpha value is -0.570. The standard InChI is InChI=1S/C15H25NO2/c1-5-16(6-2)12(17)15-9-11-7-8-14(15,4)13(11,3)10-18-15/h11H,5-10H2,1-4H3/t11-,13-,14+,15-/m0/s1. The van der Waals surface area contributed by atoms with Gasteiger partial charge in [-0.15, -0.1) is 0 Å². The van der Waals surface area contributed by atoms with Crippen LogP contribution in [-0.2, 0) is 9.53 Å². The molecule has 4 atom stereocenters. The van der Waals surface area contributed by atoms with Crippen LogP contribution >= 0.6 is 0 Å². The fourth-order valence-electron chi connectivity index (χ4n) is 5.00. The zero-order chi connectivity index (χ0) is 13.2. The summed E-state index contributed by atoms with van der Waals surface area (Å²) < 4.78 is 6.13. The second kappa shape index (κ2) is 3.50. The fourth-order valence-corrected chi connectivity index (χ4v) is 5.00. The zero-order valence-corrected chi connectivity index (χ0v) is 12.1. The first-order valence-electron chi connectivity index (χ1n) is 7.38. The van der Waals surface area contributed by atoms with E-state index in [1.54, 1.807) is 0 Å². The molecular formula is C15H25NO2. The summed E-state index contributed by atoms with van der Waals surface area (Å²) in [4.78, 5) is 14.9. The highest BCUT2D eigenvalue weighted by Crippen LogP contribution is 2.75. The van der Waals surface area contributed by atoms with E-state index in [0.717, 1.165) is 32.5 Å². The lowest BCUT2D eigenvalue weighted by Gasteiger charge is -2.42. The lowest BCUT2D eigenvalue weighted by molar-refractivity contribution is -0.166. The predicted molar refractivity (Wildman–Crippen MR) is 70.2 cm³/mol. The van der Waals surface area contributed by atoms with Gasteiger partial charge in [0.25, 0.3) is 5.91 Å². The summed E-state index contributed by atoms with van der Waals surface area (Å²) in [6, 6.07) is 0. The molecule has 1 amide bonds. The molecular weight excluding hydrogens is 226 g/mol. The van der Waals surface area contributed by atoms with Gasteiger partial charge in [0.1, 0.15) is 0 Å². The number of hydrogen-bond donors (Lipinski definition) is 0. The normalized spacial score (nSPS) is 48.8. The Morgan fingerprint density at radius 2 is 2.00 bits per heavy atom. The molecule has 4 bridgehead atoms. The number of nitrogens with zero attached hydrogens (tertiary/aromatic N) is 1. The van der Waals surface area contributed by atoms with Crippen LogP contribution in [0, 0.1) is 16.7 Å². The van der Waals surface area contributed by atoms with Crippen LogP contribution in [0.4, 0.5) is 0 Å². The molecule has 0 aromatic carbocycles. The summed E-state index contributed by atoms with van der Waals surface area (Å²) in [6.07, 6.45) is 3.39. The fraction of sp³-hybridized carbons (Fsp3) is 0.933. The molecule has 1 heterocycles. The number of carbonyl (C=O) groups excluding carboxylic acids is 1. The summed E-state index contributed by atoms with van der Waals surface area (Å²) in [6.45, 7) is 11.1. The number of carbonyl (C=O) groups is 1. The van der Waals surface area contributed by atoms with Crippen molar-refractivity contribution in [2.45, 2.75) is 52.6 Å². The number of hydrogen-bond acceptors (Lipinski definition) is 2. The molecule has 0 N–H and O–H groups in total. The number of ether oxygens (including phenoxy) is 1.